The van der Waals surface area contributed by atoms with Crippen LogP contribution in [0.2, 0.25) is 5.02 Å². The minimum atomic E-state index is -0.420. The molecular weight excluding hydrogens is 328 g/mol. The second-order valence-corrected chi connectivity index (χ2v) is 6.00. The molecule has 2 aromatic rings. The maximum atomic E-state index is 12.2. The predicted octanol–water partition coefficient (Wildman–Crippen LogP) is 3.10. The molecule has 0 saturated carbocycles. The van der Waals surface area contributed by atoms with Crippen molar-refractivity contribution in [3.8, 4) is 5.75 Å². The van der Waals surface area contributed by atoms with Gasteiger partial charge >= 0.3 is 0 Å². The van der Waals surface area contributed by atoms with E-state index in [0.29, 0.717) is 17.2 Å². The molecule has 2 N–H and O–H groups in total. The lowest BCUT2D eigenvalue weighted by Crippen LogP contribution is -2.36. The summed E-state index contributed by atoms with van der Waals surface area (Å²) in [6, 6.07) is 8.75. The lowest BCUT2D eigenvalue weighted by Gasteiger charge is -2.16. The van der Waals surface area contributed by atoms with E-state index in [9.17, 15) is 9.59 Å². The van der Waals surface area contributed by atoms with Gasteiger partial charge < -0.3 is 15.0 Å². The molecule has 128 valence electrons. The van der Waals surface area contributed by atoms with E-state index in [1.54, 1.807) is 18.2 Å². The minimum Gasteiger partial charge on any atom is -0.487 e. The quantitative estimate of drug-likeness (QED) is 0.842. The Balaban J connectivity index is 1.99. The standard InChI is InChI=1S/C18H21ClN2O3/c1-4-15-11(2)9-13(18(23)21-15)17(22)20-10-12(3)24-16-8-6-5-7-14(16)19/h5-9,12H,4,10H2,1-3H3,(H,20,22)(H,21,23). The van der Waals surface area contributed by atoms with E-state index in [-0.39, 0.29) is 23.8 Å². The van der Waals surface area contributed by atoms with Crippen LogP contribution in [0.25, 0.3) is 0 Å². The number of H-pyrrole nitrogens is 1. The molecule has 0 aliphatic rings. The lowest BCUT2D eigenvalue weighted by molar-refractivity contribution is 0.0930. The van der Waals surface area contributed by atoms with Crippen molar-refractivity contribution >= 4 is 17.5 Å². The number of rotatable bonds is 6. The summed E-state index contributed by atoms with van der Waals surface area (Å²) in [5.41, 5.74) is 1.46. The molecule has 5 nitrogen and oxygen atoms in total. The summed E-state index contributed by atoms with van der Waals surface area (Å²) in [6.07, 6.45) is 0.426. The van der Waals surface area contributed by atoms with Crippen molar-refractivity contribution < 1.29 is 9.53 Å². The topological polar surface area (TPSA) is 71.2 Å². The van der Waals surface area contributed by atoms with Crippen molar-refractivity contribution in [2.45, 2.75) is 33.3 Å². The summed E-state index contributed by atoms with van der Waals surface area (Å²) < 4.78 is 5.69. The molecule has 0 spiro atoms. The minimum absolute atomic E-state index is 0.106. The zero-order valence-electron chi connectivity index (χ0n) is 14.0. The molecule has 0 radical (unpaired) electrons. The average Bonchev–Trinajstić information content (AvgIpc) is 2.56. The zero-order valence-corrected chi connectivity index (χ0v) is 14.7. The monoisotopic (exact) mass is 348 g/mol. The van der Waals surface area contributed by atoms with Crippen molar-refractivity contribution in [1.29, 1.82) is 0 Å². The number of carbonyl (C=O) groups excluding carboxylic acids is 1. The Labute approximate surface area is 146 Å². The number of pyridine rings is 1. The number of halogens is 1. The highest BCUT2D eigenvalue weighted by Gasteiger charge is 2.14. The number of aromatic nitrogens is 1. The Morgan fingerprint density at radius 2 is 2.08 bits per heavy atom. The number of benzene rings is 1. The Bertz CT molecular complexity index is 786. The average molecular weight is 349 g/mol. The van der Waals surface area contributed by atoms with Crippen LogP contribution in [0.1, 0.15) is 35.5 Å². The molecule has 1 aromatic carbocycles. The zero-order chi connectivity index (χ0) is 17.7. The Hall–Kier alpha value is -2.27. The maximum Gasteiger partial charge on any atom is 0.261 e. The van der Waals surface area contributed by atoms with Gasteiger partial charge in [-0.1, -0.05) is 30.7 Å². The molecule has 0 saturated heterocycles. The van der Waals surface area contributed by atoms with Crippen LogP contribution in [-0.4, -0.2) is 23.5 Å². The number of nitrogens with one attached hydrogen (secondary N) is 2. The Morgan fingerprint density at radius 1 is 1.38 bits per heavy atom. The van der Waals surface area contributed by atoms with Gasteiger partial charge in [-0.25, -0.2) is 0 Å². The van der Waals surface area contributed by atoms with Crippen LogP contribution in [0.4, 0.5) is 0 Å². The first-order valence-electron chi connectivity index (χ1n) is 7.84. The van der Waals surface area contributed by atoms with Crippen molar-refractivity contribution in [3.05, 3.63) is 62.5 Å². The van der Waals surface area contributed by atoms with E-state index in [0.717, 1.165) is 11.3 Å². The van der Waals surface area contributed by atoms with E-state index in [2.05, 4.69) is 10.3 Å². The summed E-state index contributed by atoms with van der Waals surface area (Å²) in [4.78, 5) is 27.0. The number of hydrogen-bond acceptors (Lipinski definition) is 3. The Morgan fingerprint density at radius 3 is 2.75 bits per heavy atom. The fourth-order valence-electron chi connectivity index (χ4n) is 2.34. The van der Waals surface area contributed by atoms with Crippen LogP contribution in [0.15, 0.2) is 35.1 Å². The third-order valence-electron chi connectivity index (χ3n) is 3.66. The summed E-state index contributed by atoms with van der Waals surface area (Å²) in [7, 11) is 0. The number of aryl methyl sites for hydroxylation is 2. The molecular formula is C18H21ClN2O3. The number of para-hydroxylation sites is 1. The van der Waals surface area contributed by atoms with Gasteiger partial charge in [-0.3, -0.25) is 9.59 Å². The highest BCUT2D eigenvalue weighted by molar-refractivity contribution is 6.32. The summed E-state index contributed by atoms with van der Waals surface area (Å²) in [5, 5.41) is 3.23. The van der Waals surface area contributed by atoms with Crippen LogP contribution in [-0.2, 0) is 6.42 Å². The fourth-order valence-corrected chi connectivity index (χ4v) is 2.52. The van der Waals surface area contributed by atoms with E-state index >= 15 is 0 Å². The van der Waals surface area contributed by atoms with Gasteiger partial charge in [0.1, 0.15) is 17.4 Å². The van der Waals surface area contributed by atoms with Crippen LogP contribution < -0.4 is 15.6 Å². The smallest absolute Gasteiger partial charge is 0.261 e. The molecule has 2 rings (SSSR count). The van der Waals surface area contributed by atoms with Gasteiger partial charge in [0, 0.05) is 5.69 Å². The second-order valence-electron chi connectivity index (χ2n) is 5.60. The Kier molecular flexibility index (Phi) is 6.04. The SMILES string of the molecule is CCc1[nH]c(=O)c(C(=O)NCC(C)Oc2ccccc2Cl)cc1C. The molecule has 0 fully saturated rings. The first-order chi connectivity index (χ1) is 11.4. The molecule has 1 amide bonds. The van der Waals surface area contributed by atoms with Gasteiger partial charge in [0.15, 0.2) is 0 Å². The number of carbonyl (C=O) groups is 1. The van der Waals surface area contributed by atoms with Crippen molar-refractivity contribution in [1.82, 2.24) is 10.3 Å². The summed E-state index contributed by atoms with van der Waals surface area (Å²) >= 11 is 6.04. The number of hydrogen-bond donors (Lipinski definition) is 2. The van der Waals surface area contributed by atoms with Crippen molar-refractivity contribution in [3.63, 3.8) is 0 Å². The van der Waals surface area contributed by atoms with E-state index < -0.39 is 5.91 Å². The maximum absolute atomic E-state index is 12.2. The number of amides is 1. The third-order valence-corrected chi connectivity index (χ3v) is 3.97. The number of aromatic amines is 1. The van der Waals surface area contributed by atoms with Crippen molar-refractivity contribution in [2.24, 2.45) is 0 Å². The summed E-state index contributed by atoms with van der Waals surface area (Å²) in [6.45, 7) is 5.90. The fraction of sp³-hybridized carbons (Fsp3) is 0.333. The van der Waals surface area contributed by atoms with Gasteiger partial charge in [-0.05, 0) is 44.0 Å². The summed E-state index contributed by atoms with van der Waals surface area (Å²) in [5.74, 6) is 0.138. The van der Waals surface area contributed by atoms with Gasteiger partial charge in [0.25, 0.3) is 11.5 Å². The first-order valence-corrected chi connectivity index (χ1v) is 8.22. The lowest BCUT2D eigenvalue weighted by atomic mass is 10.1. The van der Waals surface area contributed by atoms with Gasteiger partial charge in [0.05, 0.1) is 11.6 Å². The molecule has 1 atom stereocenters. The molecule has 1 aromatic heterocycles. The van der Waals surface area contributed by atoms with Crippen LogP contribution >= 0.6 is 11.6 Å². The van der Waals surface area contributed by atoms with Crippen LogP contribution in [0.5, 0.6) is 5.75 Å². The second kappa shape index (κ2) is 8.02. The largest absolute Gasteiger partial charge is 0.487 e. The molecule has 0 aliphatic heterocycles. The molecule has 1 heterocycles. The van der Waals surface area contributed by atoms with Crippen molar-refractivity contribution in [2.75, 3.05) is 6.54 Å². The van der Waals surface area contributed by atoms with E-state index in [1.165, 1.54) is 0 Å². The first kappa shape index (κ1) is 18.1. The molecule has 0 aliphatic carbocycles. The normalized spacial score (nSPS) is 11.8. The highest BCUT2D eigenvalue weighted by atomic mass is 35.5. The van der Waals surface area contributed by atoms with Gasteiger partial charge in [-0.2, -0.15) is 0 Å². The molecule has 6 heteroatoms. The van der Waals surface area contributed by atoms with E-state index in [4.69, 9.17) is 16.3 Å². The van der Waals surface area contributed by atoms with Crippen LogP contribution in [0, 0.1) is 6.92 Å². The molecule has 24 heavy (non-hydrogen) atoms. The third kappa shape index (κ3) is 4.38. The molecule has 0 bridgehead atoms. The van der Waals surface area contributed by atoms with Gasteiger partial charge in [0.2, 0.25) is 0 Å². The number of ether oxygens (including phenoxy) is 1. The van der Waals surface area contributed by atoms with Gasteiger partial charge in [-0.15, -0.1) is 0 Å². The van der Waals surface area contributed by atoms with E-state index in [1.807, 2.05) is 32.9 Å². The van der Waals surface area contributed by atoms with Crippen LogP contribution in [0.3, 0.4) is 0 Å². The predicted molar refractivity (Wildman–Crippen MR) is 95.1 cm³/mol. The highest BCUT2D eigenvalue weighted by Crippen LogP contribution is 2.24. The molecule has 1 unspecified atom stereocenters.